The molecule has 1 aliphatic carbocycles. The first-order chi connectivity index (χ1) is 6.41. The Hall–Kier alpha value is 0. The lowest BCUT2D eigenvalue weighted by atomic mass is 9.76. The fourth-order valence-electron chi connectivity index (χ4n) is 2.66. The summed E-state index contributed by atoms with van der Waals surface area (Å²) in [5.41, 5.74) is 1.23. The molecule has 0 aromatic heterocycles. The Balaban J connectivity index is 2.42. The van der Waals surface area contributed by atoms with Crippen LogP contribution in [0.3, 0.4) is 0 Å². The highest BCUT2D eigenvalue weighted by atomic mass is 14.3. The van der Waals surface area contributed by atoms with Crippen molar-refractivity contribution < 1.29 is 0 Å². The van der Waals surface area contributed by atoms with Crippen molar-refractivity contribution in [1.82, 2.24) is 0 Å². The monoisotopic (exact) mass is 196 g/mol. The van der Waals surface area contributed by atoms with Crippen LogP contribution >= 0.6 is 0 Å². The maximum atomic E-state index is 2.44. The Kier molecular flexibility index (Phi) is 4.04. The van der Waals surface area contributed by atoms with Gasteiger partial charge in [-0.3, -0.25) is 0 Å². The molecule has 84 valence electrons. The average Bonchev–Trinajstić information content (AvgIpc) is 2.07. The van der Waals surface area contributed by atoms with Gasteiger partial charge in [0.05, 0.1) is 0 Å². The van der Waals surface area contributed by atoms with Crippen LogP contribution in [0.1, 0.15) is 79.1 Å². The molecule has 0 aliphatic heterocycles. The Morgan fingerprint density at radius 1 is 0.500 bits per heavy atom. The summed E-state index contributed by atoms with van der Waals surface area (Å²) in [6.45, 7) is 9.78. The molecule has 0 nitrogen and oxygen atoms in total. The zero-order valence-corrected chi connectivity index (χ0v) is 10.7. The summed E-state index contributed by atoms with van der Waals surface area (Å²) >= 11 is 0. The Labute approximate surface area is 90.5 Å². The lowest BCUT2D eigenvalue weighted by Gasteiger charge is -2.30. The van der Waals surface area contributed by atoms with Crippen LogP contribution < -0.4 is 0 Å². The predicted octanol–water partition coefficient (Wildman–Crippen LogP) is 5.17. The third-order valence-corrected chi connectivity index (χ3v) is 3.91. The molecule has 0 radical (unpaired) electrons. The first-order valence-corrected chi connectivity index (χ1v) is 6.41. The predicted molar refractivity (Wildman–Crippen MR) is 64.5 cm³/mol. The maximum absolute atomic E-state index is 2.44. The van der Waals surface area contributed by atoms with Crippen LogP contribution in [0.15, 0.2) is 0 Å². The normalized spacial score (nSPS) is 28.3. The minimum Gasteiger partial charge on any atom is -0.0599 e. The van der Waals surface area contributed by atoms with Gasteiger partial charge in [0.2, 0.25) is 0 Å². The molecule has 1 fully saturated rings. The topological polar surface area (TPSA) is 0 Å². The first kappa shape index (κ1) is 12.1. The van der Waals surface area contributed by atoms with E-state index in [1.165, 1.54) is 51.4 Å². The van der Waals surface area contributed by atoms with E-state index in [0.717, 1.165) is 0 Å². The van der Waals surface area contributed by atoms with Gasteiger partial charge >= 0.3 is 0 Å². The van der Waals surface area contributed by atoms with Crippen molar-refractivity contribution >= 4 is 0 Å². The van der Waals surface area contributed by atoms with E-state index in [2.05, 4.69) is 27.7 Å². The molecule has 0 heterocycles. The Bertz CT molecular complexity index is 129. The van der Waals surface area contributed by atoms with Crippen LogP contribution in [-0.4, -0.2) is 0 Å². The lowest BCUT2D eigenvalue weighted by Crippen LogP contribution is -2.16. The molecule has 0 unspecified atom stereocenters. The largest absolute Gasteiger partial charge is 0.0599 e. The van der Waals surface area contributed by atoms with E-state index < -0.39 is 0 Å². The van der Waals surface area contributed by atoms with Crippen molar-refractivity contribution in [1.29, 1.82) is 0 Å². The third kappa shape index (κ3) is 4.48. The fourth-order valence-corrected chi connectivity index (χ4v) is 2.66. The molecule has 0 N–H and O–H groups in total. The van der Waals surface area contributed by atoms with E-state index in [1.807, 2.05) is 0 Å². The molecule has 0 spiro atoms. The summed E-state index contributed by atoms with van der Waals surface area (Å²) in [5, 5.41) is 0. The van der Waals surface area contributed by atoms with E-state index in [1.54, 1.807) is 0 Å². The molecule has 0 saturated heterocycles. The molecule has 0 aromatic rings. The molecule has 0 atom stereocenters. The molecule has 14 heavy (non-hydrogen) atoms. The van der Waals surface area contributed by atoms with Crippen molar-refractivity contribution in [3.63, 3.8) is 0 Å². The van der Waals surface area contributed by atoms with Gasteiger partial charge in [-0.15, -0.1) is 0 Å². The van der Waals surface area contributed by atoms with E-state index in [4.69, 9.17) is 0 Å². The van der Waals surface area contributed by atoms with Gasteiger partial charge in [-0.2, -0.15) is 0 Å². The zero-order valence-electron chi connectivity index (χ0n) is 10.7. The highest BCUT2D eigenvalue weighted by Gasteiger charge is 2.22. The minimum atomic E-state index is 0.613. The van der Waals surface area contributed by atoms with Crippen LogP contribution in [0.5, 0.6) is 0 Å². The smallest absolute Gasteiger partial charge is 0.0354 e. The summed E-state index contributed by atoms with van der Waals surface area (Å²) in [5.74, 6) is 0. The second-order valence-electron chi connectivity index (χ2n) is 6.74. The number of hydrogen-bond acceptors (Lipinski definition) is 0. The highest BCUT2D eigenvalue weighted by molar-refractivity contribution is 4.75. The molecule has 0 amide bonds. The molecule has 1 aliphatic rings. The van der Waals surface area contributed by atoms with Gasteiger partial charge in [0.1, 0.15) is 0 Å². The van der Waals surface area contributed by atoms with Crippen LogP contribution in [-0.2, 0) is 0 Å². The fraction of sp³-hybridized carbons (Fsp3) is 1.00. The summed E-state index contributed by atoms with van der Waals surface area (Å²) in [6.07, 6.45) is 11.5. The molecule has 0 heteroatoms. The zero-order chi connectivity index (χ0) is 10.7. The van der Waals surface area contributed by atoms with E-state index in [0.29, 0.717) is 10.8 Å². The van der Waals surface area contributed by atoms with Crippen LogP contribution in [0.2, 0.25) is 0 Å². The number of hydrogen-bond donors (Lipinski definition) is 0. The summed E-state index contributed by atoms with van der Waals surface area (Å²) in [4.78, 5) is 0. The quantitative estimate of drug-likeness (QED) is 0.501. The average molecular weight is 196 g/mol. The Morgan fingerprint density at radius 2 is 0.714 bits per heavy atom. The SMILES string of the molecule is CC1(C)CCCCC(C)(C)CCCC1. The van der Waals surface area contributed by atoms with Gasteiger partial charge in [0.25, 0.3) is 0 Å². The van der Waals surface area contributed by atoms with Gasteiger partial charge in [0.15, 0.2) is 0 Å². The molecule has 1 saturated carbocycles. The molecular weight excluding hydrogens is 168 g/mol. The standard InChI is InChI=1S/C14H28/c1-13(2)9-5-7-11-14(3,4)12-8-6-10-13/h5-12H2,1-4H3. The van der Waals surface area contributed by atoms with Gasteiger partial charge < -0.3 is 0 Å². The summed E-state index contributed by atoms with van der Waals surface area (Å²) in [7, 11) is 0. The highest BCUT2D eigenvalue weighted by Crippen LogP contribution is 2.36. The molecule has 0 aromatic carbocycles. The summed E-state index contributed by atoms with van der Waals surface area (Å²) in [6, 6.07) is 0. The van der Waals surface area contributed by atoms with Gasteiger partial charge in [0, 0.05) is 0 Å². The van der Waals surface area contributed by atoms with E-state index in [9.17, 15) is 0 Å². The second kappa shape index (κ2) is 4.68. The van der Waals surface area contributed by atoms with Gasteiger partial charge in [-0.05, 0) is 36.5 Å². The third-order valence-electron chi connectivity index (χ3n) is 3.91. The second-order valence-corrected chi connectivity index (χ2v) is 6.74. The minimum absolute atomic E-state index is 0.613. The van der Waals surface area contributed by atoms with Gasteiger partial charge in [-0.1, -0.05) is 53.4 Å². The lowest BCUT2D eigenvalue weighted by molar-refractivity contribution is 0.224. The first-order valence-electron chi connectivity index (χ1n) is 6.41. The van der Waals surface area contributed by atoms with Crippen molar-refractivity contribution in [2.24, 2.45) is 10.8 Å². The van der Waals surface area contributed by atoms with Crippen molar-refractivity contribution in [3.8, 4) is 0 Å². The van der Waals surface area contributed by atoms with E-state index in [-0.39, 0.29) is 0 Å². The van der Waals surface area contributed by atoms with Crippen LogP contribution in [0, 0.1) is 10.8 Å². The molecular formula is C14H28. The summed E-state index contributed by atoms with van der Waals surface area (Å²) < 4.78 is 0. The Morgan fingerprint density at radius 3 is 0.929 bits per heavy atom. The molecule has 1 rings (SSSR count). The number of rotatable bonds is 0. The van der Waals surface area contributed by atoms with Crippen molar-refractivity contribution in [3.05, 3.63) is 0 Å². The van der Waals surface area contributed by atoms with Gasteiger partial charge in [-0.25, -0.2) is 0 Å². The van der Waals surface area contributed by atoms with E-state index >= 15 is 0 Å². The van der Waals surface area contributed by atoms with Crippen molar-refractivity contribution in [2.75, 3.05) is 0 Å². The van der Waals surface area contributed by atoms with Crippen LogP contribution in [0.25, 0.3) is 0 Å². The maximum Gasteiger partial charge on any atom is -0.0354 e. The molecule has 0 bridgehead atoms. The van der Waals surface area contributed by atoms with Crippen molar-refractivity contribution in [2.45, 2.75) is 79.1 Å². The van der Waals surface area contributed by atoms with Crippen LogP contribution in [0.4, 0.5) is 0 Å².